The summed E-state index contributed by atoms with van der Waals surface area (Å²) in [5.41, 5.74) is 0. The number of hydrogen-bond acceptors (Lipinski definition) is 6. The van der Waals surface area contributed by atoms with Crippen LogP contribution < -0.4 is 0 Å². The summed E-state index contributed by atoms with van der Waals surface area (Å²) >= 11 is 0. The highest BCUT2D eigenvalue weighted by Gasteiger charge is 2.49. The number of aliphatic hydroxyl groups excluding tert-OH is 2. The van der Waals surface area contributed by atoms with E-state index >= 15 is 0 Å². The van der Waals surface area contributed by atoms with Gasteiger partial charge in [-0.25, -0.2) is 4.57 Å². The van der Waals surface area contributed by atoms with E-state index in [1.807, 2.05) is 0 Å². The van der Waals surface area contributed by atoms with Crippen molar-refractivity contribution in [3.05, 3.63) is 0 Å². The molecule has 3 atom stereocenters. The number of phosphoric acid groups is 1. The molecule has 8 nitrogen and oxygen atoms in total. The molecule has 0 aliphatic carbocycles. The molecular weight excluding hydrogens is 219 g/mol. The van der Waals surface area contributed by atoms with Gasteiger partial charge in [-0.15, -0.1) is 0 Å². The molecule has 0 aromatic heterocycles. The van der Waals surface area contributed by atoms with Crippen molar-refractivity contribution in [2.45, 2.75) is 18.0 Å². The minimum absolute atomic E-state index is 0.331. The highest BCUT2D eigenvalue weighted by molar-refractivity contribution is 7.46. The molecule has 9 heteroatoms. The monoisotopic (exact) mass is 230 g/mol. The molecule has 1 rings (SSSR count). The molecule has 1 aliphatic rings. The topological polar surface area (TPSA) is 137 Å². The standard InChI is InChI=1S/C5H11O8P/c6-3-1-12-5(8,4(3)7)2-13-14(9,10)11/h3-4,6-8H,1-2H2,(H2,9,10,11). The summed E-state index contributed by atoms with van der Waals surface area (Å²) in [6.45, 7) is -1.25. The molecule has 5 N–H and O–H groups in total. The Morgan fingerprint density at radius 2 is 2.07 bits per heavy atom. The van der Waals surface area contributed by atoms with E-state index in [1.54, 1.807) is 0 Å². The van der Waals surface area contributed by atoms with Crippen LogP contribution in [0.1, 0.15) is 0 Å². The van der Waals surface area contributed by atoms with Crippen LogP contribution in [0.2, 0.25) is 0 Å². The average molecular weight is 230 g/mol. The quantitative estimate of drug-likeness (QED) is 0.336. The van der Waals surface area contributed by atoms with Gasteiger partial charge in [-0.3, -0.25) is 4.52 Å². The summed E-state index contributed by atoms with van der Waals surface area (Å²) in [5.74, 6) is -2.28. The average Bonchev–Trinajstić information content (AvgIpc) is 2.30. The van der Waals surface area contributed by atoms with Gasteiger partial charge >= 0.3 is 7.82 Å². The molecule has 0 amide bonds. The highest BCUT2D eigenvalue weighted by atomic mass is 31.2. The van der Waals surface area contributed by atoms with E-state index < -0.39 is 32.4 Å². The predicted octanol–water partition coefficient (Wildman–Crippen LogP) is -2.46. The van der Waals surface area contributed by atoms with E-state index in [-0.39, 0.29) is 6.61 Å². The van der Waals surface area contributed by atoms with Gasteiger partial charge in [-0.2, -0.15) is 0 Å². The Bertz CT molecular complexity index is 250. The summed E-state index contributed by atoms with van der Waals surface area (Å²) in [5, 5.41) is 27.5. The lowest BCUT2D eigenvalue weighted by molar-refractivity contribution is -0.231. The van der Waals surface area contributed by atoms with E-state index in [4.69, 9.17) is 20.0 Å². The Morgan fingerprint density at radius 3 is 2.43 bits per heavy atom. The van der Waals surface area contributed by atoms with Crippen molar-refractivity contribution in [3.63, 3.8) is 0 Å². The fourth-order valence-electron chi connectivity index (χ4n) is 1.01. The number of hydrogen-bond donors (Lipinski definition) is 5. The smallest absolute Gasteiger partial charge is 0.388 e. The third kappa shape index (κ3) is 2.72. The summed E-state index contributed by atoms with van der Waals surface area (Å²) in [6.07, 6.45) is -2.96. The molecule has 1 aliphatic heterocycles. The molecule has 14 heavy (non-hydrogen) atoms. The van der Waals surface area contributed by atoms with Crippen LogP contribution in [-0.4, -0.2) is 56.3 Å². The van der Waals surface area contributed by atoms with Gasteiger partial charge in [0.1, 0.15) is 18.8 Å². The zero-order valence-corrected chi connectivity index (χ0v) is 7.87. The maximum Gasteiger partial charge on any atom is 0.469 e. The van der Waals surface area contributed by atoms with Gasteiger partial charge in [-0.1, -0.05) is 0 Å². The minimum Gasteiger partial charge on any atom is -0.388 e. The molecule has 0 saturated carbocycles. The maximum absolute atomic E-state index is 10.3. The van der Waals surface area contributed by atoms with E-state index in [2.05, 4.69) is 9.26 Å². The van der Waals surface area contributed by atoms with E-state index in [0.29, 0.717) is 0 Å². The lowest BCUT2D eigenvalue weighted by atomic mass is 10.1. The van der Waals surface area contributed by atoms with Crippen molar-refractivity contribution in [1.29, 1.82) is 0 Å². The van der Waals surface area contributed by atoms with Crippen molar-refractivity contribution >= 4 is 7.82 Å². The van der Waals surface area contributed by atoms with Crippen LogP contribution in [0.4, 0.5) is 0 Å². The van der Waals surface area contributed by atoms with Crippen LogP contribution in [0.25, 0.3) is 0 Å². The molecule has 0 bridgehead atoms. The van der Waals surface area contributed by atoms with E-state index in [0.717, 1.165) is 0 Å². The zero-order chi connectivity index (χ0) is 11.0. The lowest BCUT2D eigenvalue weighted by Gasteiger charge is -2.25. The Hall–Kier alpha value is -0.0500. The number of phosphoric ester groups is 1. The van der Waals surface area contributed by atoms with Crippen LogP contribution in [0, 0.1) is 0 Å². The fourth-order valence-corrected chi connectivity index (χ4v) is 1.36. The Balaban J connectivity index is 2.55. The van der Waals surface area contributed by atoms with Gasteiger partial charge in [0.25, 0.3) is 0 Å². The second kappa shape index (κ2) is 3.84. The maximum atomic E-state index is 10.3. The first kappa shape index (κ1) is 12.0. The molecule has 0 spiro atoms. The first-order chi connectivity index (χ1) is 6.25. The van der Waals surface area contributed by atoms with Gasteiger partial charge in [-0.05, 0) is 0 Å². The summed E-state index contributed by atoms with van der Waals surface area (Å²) in [6, 6.07) is 0. The number of rotatable bonds is 3. The zero-order valence-electron chi connectivity index (χ0n) is 6.98. The Morgan fingerprint density at radius 1 is 1.50 bits per heavy atom. The van der Waals surface area contributed by atoms with Crippen LogP contribution >= 0.6 is 7.82 Å². The predicted molar refractivity (Wildman–Crippen MR) is 40.9 cm³/mol. The third-order valence-electron chi connectivity index (χ3n) is 1.77. The molecule has 1 saturated heterocycles. The van der Waals surface area contributed by atoms with Crippen molar-refractivity contribution in [3.8, 4) is 0 Å². The van der Waals surface area contributed by atoms with Crippen molar-refractivity contribution in [2.24, 2.45) is 0 Å². The molecule has 0 aromatic carbocycles. The molecular formula is C5H11O8P. The van der Waals surface area contributed by atoms with Crippen LogP contribution in [0.15, 0.2) is 0 Å². The first-order valence-electron chi connectivity index (χ1n) is 3.67. The SMILES string of the molecule is O=P(O)(O)OCC1(O)OCC(O)C1O. The summed E-state index contributed by atoms with van der Waals surface area (Å²) in [7, 11) is -4.74. The lowest BCUT2D eigenvalue weighted by Crippen LogP contribution is -2.46. The van der Waals surface area contributed by atoms with E-state index in [1.165, 1.54) is 0 Å². The summed E-state index contributed by atoms with van der Waals surface area (Å²) < 4.78 is 18.8. The number of ether oxygens (including phenoxy) is 1. The molecule has 1 fully saturated rings. The van der Waals surface area contributed by atoms with E-state index in [9.17, 15) is 9.67 Å². The molecule has 0 radical (unpaired) electrons. The van der Waals surface area contributed by atoms with Gasteiger partial charge < -0.3 is 29.8 Å². The minimum atomic E-state index is -4.74. The number of aliphatic hydroxyl groups is 3. The van der Waals surface area contributed by atoms with Gasteiger partial charge in [0.2, 0.25) is 5.79 Å². The van der Waals surface area contributed by atoms with Crippen LogP contribution in [0.5, 0.6) is 0 Å². The van der Waals surface area contributed by atoms with Gasteiger partial charge in [0.05, 0.1) is 6.61 Å². The van der Waals surface area contributed by atoms with Crippen LogP contribution in [-0.2, 0) is 13.8 Å². The fraction of sp³-hybridized carbons (Fsp3) is 1.00. The van der Waals surface area contributed by atoms with Gasteiger partial charge in [0, 0.05) is 0 Å². The molecule has 84 valence electrons. The van der Waals surface area contributed by atoms with Crippen LogP contribution in [0.3, 0.4) is 0 Å². The van der Waals surface area contributed by atoms with Crippen molar-refractivity contribution in [1.82, 2.24) is 0 Å². The first-order valence-corrected chi connectivity index (χ1v) is 5.20. The molecule has 0 aromatic rings. The third-order valence-corrected chi connectivity index (χ3v) is 2.24. The second-order valence-electron chi connectivity index (χ2n) is 2.93. The highest BCUT2D eigenvalue weighted by Crippen LogP contribution is 2.38. The Kier molecular flexibility index (Phi) is 3.30. The molecule has 3 unspecified atom stereocenters. The van der Waals surface area contributed by atoms with Crippen molar-refractivity contribution in [2.75, 3.05) is 13.2 Å². The normalized spacial score (nSPS) is 38.9. The van der Waals surface area contributed by atoms with Gasteiger partial charge in [0.15, 0.2) is 0 Å². The van der Waals surface area contributed by atoms with Crippen molar-refractivity contribution < 1.29 is 38.9 Å². The Labute approximate surface area is 78.9 Å². The summed E-state index contributed by atoms with van der Waals surface area (Å²) in [4.78, 5) is 16.6. The second-order valence-corrected chi connectivity index (χ2v) is 4.17. The largest absolute Gasteiger partial charge is 0.469 e. The molecule has 1 heterocycles.